The second kappa shape index (κ2) is 7.34. The molecule has 0 spiro atoms. The number of hydrogen-bond donors (Lipinski definition) is 1. The van der Waals surface area contributed by atoms with Gasteiger partial charge in [0.15, 0.2) is 0 Å². The van der Waals surface area contributed by atoms with E-state index in [1.807, 2.05) is 13.8 Å². The van der Waals surface area contributed by atoms with Crippen LogP contribution in [0.15, 0.2) is 18.2 Å². The molecular weight excluding hydrogens is 357 g/mol. The maximum atomic E-state index is 12.4. The molecule has 0 bridgehead atoms. The van der Waals surface area contributed by atoms with Crippen molar-refractivity contribution in [2.45, 2.75) is 20.3 Å². The third kappa shape index (κ3) is 3.86. The number of carbonyl (C=O) groups is 2. The molecule has 0 aliphatic rings. The van der Waals surface area contributed by atoms with E-state index in [4.69, 9.17) is 27.9 Å². The minimum atomic E-state index is -0.467. The van der Waals surface area contributed by atoms with E-state index in [9.17, 15) is 9.59 Å². The number of ether oxygens (including phenoxy) is 1. The number of halogens is 2. The summed E-state index contributed by atoms with van der Waals surface area (Å²) in [4.78, 5) is 25.4. The number of rotatable bonds is 4. The fraction of sp³-hybridized carbons (Fsp3) is 0.250. The molecule has 23 heavy (non-hydrogen) atoms. The van der Waals surface area contributed by atoms with Crippen LogP contribution in [0.3, 0.4) is 0 Å². The number of anilines is 1. The normalized spacial score (nSPS) is 10.5. The van der Waals surface area contributed by atoms with Crippen molar-refractivity contribution in [3.8, 4) is 0 Å². The molecule has 0 atom stereocenters. The Balaban J connectivity index is 2.39. The number of hydrogen-bond acceptors (Lipinski definition) is 4. The summed E-state index contributed by atoms with van der Waals surface area (Å²) in [7, 11) is 1.32. The number of aryl methyl sites for hydroxylation is 1. The van der Waals surface area contributed by atoms with Crippen LogP contribution in [0.1, 0.15) is 38.1 Å². The monoisotopic (exact) mass is 371 g/mol. The number of benzene rings is 1. The van der Waals surface area contributed by atoms with Gasteiger partial charge in [0.25, 0.3) is 5.91 Å². The average Bonchev–Trinajstić information content (AvgIpc) is 2.80. The van der Waals surface area contributed by atoms with E-state index in [0.717, 1.165) is 10.4 Å². The Morgan fingerprint density at radius 2 is 1.83 bits per heavy atom. The lowest BCUT2D eigenvalue weighted by Gasteiger charge is -2.07. The molecule has 0 saturated carbocycles. The highest BCUT2D eigenvalue weighted by molar-refractivity contribution is 7.16. The number of methoxy groups -OCH3 is 1. The first-order valence-corrected chi connectivity index (χ1v) is 8.42. The van der Waals surface area contributed by atoms with Crippen molar-refractivity contribution in [3.63, 3.8) is 0 Å². The SMILES string of the molecule is CCc1c(C)sc(NC(=O)c2cc(Cl)cc(Cl)c2)c1C(=O)OC. The van der Waals surface area contributed by atoms with Crippen LogP contribution in [-0.4, -0.2) is 19.0 Å². The van der Waals surface area contributed by atoms with Gasteiger partial charge < -0.3 is 10.1 Å². The van der Waals surface area contributed by atoms with Gasteiger partial charge in [0.1, 0.15) is 5.00 Å². The lowest BCUT2D eigenvalue weighted by Crippen LogP contribution is -2.14. The fourth-order valence-corrected chi connectivity index (χ4v) is 3.92. The maximum Gasteiger partial charge on any atom is 0.341 e. The zero-order chi connectivity index (χ0) is 17.1. The Morgan fingerprint density at radius 3 is 2.35 bits per heavy atom. The number of nitrogens with one attached hydrogen (secondary N) is 1. The predicted molar refractivity (Wildman–Crippen MR) is 94.2 cm³/mol. The average molecular weight is 372 g/mol. The van der Waals surface area contributed by atoms with Gasteiger partial charge in [-0.15, -0.1) is 11.3 Å². The van der Waals surface area contributed by atoms with Crippen LogP contribution in [0.4, 0.5) is 5.00 Å². The molecule has 1 heterocycles. The summed E-state index contributed by atoms with van der Waals surface area (Å²) < 4.78 is 4.83. The van der Waals surface area contributed by atoms with E-state index >= 15 is 0 Å². The Bertz CT molecular complexity index is 751. The highest BCUT2D eigenvalue weighted by atomic mass is 35.5. The van der Waals surface area contributed by atoms with Gasteiger partial charge in [-0.3, -0.25) is 4.79 Å². The van der Waals surface area contributed by atoms with E-state index < -0.39 is 5.97 Å². The van der Waals surface area contributed by atoms with Gasteiger partial charge in [-0.05, 0) is 37.1 Å². The zero-order valence-electron chi connectivity index (χ0n) is 12.8. The summed E-state index contributed by atoms with van der Waals surface area (Å²) in [6, 6.07) is 4.58. The molecule has 1 aromatic carbocycles. The van der Waals surface area contributed by atoms with Crippen molar-refractivity contribution >= 4 is 51.4 Å². The molecule has 1 N–H and O–H groups in total. The molecule has 0 fully saturated rings. The van der Waals surface area contributed by atoms with Crippen LogP contribution in [-0.2, 0) is 11.2 Å². The summed E-state index contributed by atoms with van der Waals surface area (Å²) >= 11 is 13.2. The minimum Gasteiger partial charge on any atom is -0.465 e. The Hall–Kier alpha value is -1.56. The molecule has 0 radical (unpaired) electrons. The van der Waals surface area contributed by atoms with Crippen LogP contribution in [0, 0.1) is 6.92 Å². The van der Waals surface area contributed by atoms with Crippen molar-refractivity contribution in [2.75, 3.05) is 12.4 Å². The lowest BCUT2D eigenvalue weighted by atomic mass is 10.1. The lowest BCUT2D eigenvalue weighted by molar-refractivity contribution is 0.0601. The topological polar surface area (TPSA) is 55.4 Å². The van der Waals surface area contributed by atoms with Gasteiger partial charge in [-0.1, -0.05) is 30.1 Å². The van der Waals surface area contributed by atoms with Gasteiger partial charge in [-0.2, -0.15) is 0 Å². The van der Waals surface area contributed by atoms with Crippen molar-refractivity contribution in [3.05, 3.63) is 49.8 Å². The maximum absolute atomic E-state index is 12.4. The summed E-state index contributed by atoms with van der Waals surface area (Å²) in [5.41, 5.74) is 1.60. The van der Waals surface area contributed by atoms with Crippen molar-refractivity contribution < 1.29 is 14.3 Å². The summed E-state index contributed by atoms with van der Waals surface area (Å²) in [5, 5.41) is 3.95. The minimum absolute atomic E-state index is 0.322. The zero-order valence-corrected chi connectivity index (χ0v) is 15.2. The quantitative estimate of drug-likeness (QED) is 0.772. The summed E-state index contributed by atoms with van der Waals surface area (Å²) in [5.74, 6) is -0.853. The highest BCUT2D eigenvalue weighted by Gasteiger charge is 2.23. The summed E-state index contributed by atoms with van der Waals surface area (Å²) in [6.45, 7) is 3.85. The molecule has 0 saturated heterocycles. The van der Waals surface area contributed by atoms with Gasteiger partial charge in [0.2, 0.25) is 0 Å². The Labute approximate surface area is 148 Å². The molecule has 2 aromatic rings. The van der Waals surface area contributed by atoms with Gasteiger partial charge >= 0.3 is 5.97 Å². The molecule has 4 nitrogen and oxygen atoms in total. The van der Waals surface area contributed by atoms with E-state index in [0.29, 0.717) is 32.6 Å². The Kier molecular flexibility index (Phi) is 5.68. The third-order valence-corrected chi connectivity index (χ3v) is 4.80. The second-order valence-corrected chi connectivity index (χ2v) is 6.90. The molecule has 1 aromatic heterocycles. The molecule has 2 rings (SSSR count). The van der Waals surface area contributed by atoms with Crippen LogP contribution >= 0.6 is 34.5 Å². The fourth-order valence-electron chi connectivity index (χ4n) is 2.27. The third-order valence-electron chi connectivity index (χ3n) is 3.30. The second-order valence-electron chi connectivity index (χ2n) is 4.80. The Morgan fingerprint density at radius 1 is 1.22 bits per heavy atom. The van der Waals surface area contributed by atoms with E-state index in [1.54, 1.807) is 6.07 Å². The first-order chi connectivity index (χ1) is 10.9. The molecule has 0 aliphatic carbocycles. The van der Waals surface area contributed by atoms with E-state index in [-0.39, 0.29) is 5.91 Å². The van der Waals surface area contributed by atoms with Crippen molar-refractivity contribution in [1.82, 2.24) is 0 Å². The molecule has 7 heteroatoms. The van der Waals surface area contributed by atoms with E-state index in [2.05, 4.69) is 5.32 Å². The standard InChI is InChI=1S/C16H15Cl2NO3S/c1-4-12-8(2)23-15(13(12)16(21)22-3)19-14(20)9-5-10(17)7-11(18)6-9/h5-7H,4H2,1-3H3,(H,19,20). The van der Waals surface area contributed by atoms with Crippen LogP contribution < -0.4 is 5.32 Å². The molecule has 1 amide bonds. The molecule has 0 unspecified atom stereocenters. The predicted octanol–water partition coefficient (Wildman–Crippen LogP) is 4.96. The molecule has 0 aliphatic heterocycles. The summed E-state index contributed by atoms with van der Waals surface area (Å²) in [6.07, 6.45) is 0.672. The smallest absolute Gasteiger partial charge is 0.341 e. The number of thiophene rings is 1. The largest absolute Gasteiger partial charge is 0.465 e. The van der Waals surface area contributed by atoms with Gasteiger partial charge in [0.05, 0.1) is 12.7 Å². The molecule has 122 valence electrons. The van der Waals surface area contributed by atoms with E-state index in [1.165, 1.54) is 30.6 Å². The van der Waals surface area contributed by atoms with Crippen molar-refractivity contribution in [1.29, 1.82) is 0 Å². The van der Waals surface area contributed by atoms with Crippen LogP contribution in [0.25, 0.3) is 0 Å². The highest BCUT2D eigenvalue weighted by Crippen LogP contribution is 2.34. The molecular formula is C16H15Cl2NO3S. The number of esters is 1. The van der Waals surface area contributed by atoms with Gasteiger partial charge in [0, 0.05) is 20.5 Å². The first kappa shape index (κ1) is 17.8. The van der Waals surface area contributed by atoms with Gasteiger partial charge in [-0.25, -0.2) is 4.79 Å². The van der Waals surface area contributed by atoms with Crippen LogP contribution in [0.2, 0.25) is 10.0 Å². The first-order valence-electron chi connectivity index (χ1n) is 6.85. The number of amides is 1. The van der Waals surface area contributed by atoms with Crippen molar-refractivity contribution in [2.24, 2.45) is 0 Å². The number of carbonyl (C=O) groups excluding carboxylic acids is 2. The van der Waals surface area contributed by atoms with Crippen LogP contribution in [0.5, 0.6) is 0 Å².